The van der Waals surface area contributed by atoms with Crippen LogP contribution in [0.5, 0.6) is 11.5 Å². The summed E-state index contributed by atoms with van der Waals surface area (Å²) in [6, 6.07) is 13.0. The van der Waals surface area contributed by atoms with Crippen molar-refractivity contribution in [3.05, 3.63) is 64.1 Å². The Morgan fingerprint density at radius 3 is 2.76 bits per heavy atom. The fourth-order valence-corrected chi connectivity index (χ4v) is 4.81. The van der Waals surface area contributed by atoms with Crippen LogP contribution in [0.15, 0.2) is 53.0 Å². The van der Waals surface area contributed by atoms with Gasteiger partial charge in [-0.1, -0.05) is 34.1 Å². The van der Waals surface area contributed by atoms with Gasteiger partial charge >= 0.3 is 6.09 Å². The van der Waals surface area contributed by atoms with Crippen LogP contribution >= 0.6 is 15.9 Å². The van der Waals surface area contributed by atoms with E-state index in [0.29, 0.717) is 23.5 Å². The zero-order valence-corrected chi connectivity index (χ0v) is 22.4. The van der Waals surface area contributed by atoms with Gasteiger partial charge in [0.15, 0.2) is 0 Å². The van der Waals surface area contributed by atoms with Crippen LogP contribution in [0.1, 0.15) is 11.1 Å². The number of aliphatic hydroxyl groups is 1. The maximum atomic E-state index is 13.9. The van der Waals surface area contributed by atoms with Crippen molar-refractivity contribution in [1.82, 2.24) is 10.6 Å². The zero-order chi connectivity index (χ0) is 27.4. The predicted octanol–water partition coefficient (Wildman–Crippen LogP) is 3.00. The van der Waals surface area contributed by atoms with Crippen LogP contribution in [-0.2, 0) is 16.1 Å². The molecule has 0 aliphatic carbocycles. The highest BCUT2D eigenvalue weighted by Gasteiger charge is 2.33. The fourth-order valence-electron chi connectivity index (χ4n) is 4.43. The predicted molar refractivity (Wildman–Crippen MR) is 145 cm³/mol. The molecule has 0 spiro atoms. The summed E-state index contributed by atoms with van der Waals surface area (Å²) in [6.45, 7) is 1.85. The lowest BCUT2D eigenvalue weighted by Gasteiger charge is -2.27. The van der Waals surface area contributed by atoms with Crippen molar-refractivity contribution in [3.8, 4) is 11.5 Å². The van der Waals surface area contributed by atoms with Gasteiger partial charge in [-0.2, -0.15) is 0 Å². The van der Waals surface area contributed by atoms with Crippen LogP contribution in [-0.4, -0.2) is 66.9 Å². The van der Waals surface area contributed by atoms with E-state index in [0.717, 1.165) is 26.4 Å². The highest BCUT2D eigenvalue weighted by Crippen LogP contribution is 2.37. The lowest BCUT2D eigenvalue weighted by molar-refractivity contribution is -0.121. The number of anilines is 1. The quantitative estimate of drug-likeness (QED) is 0.281. The van der Waals surface area contributed by atoms with Crippen molar-refractivity contribution in [2.75, 3.05) is 25.2 Å². The Kier molecular flexibility index (Phi) is 8.50. The number of rotatable bonds is 9. The van der Waals surface area contributed by atoms with Crippen LogP contribution < -0.4 is 25.0 Å². The first kappa shape index (κ1) is 27.4. The van der Waals surface area contributed by atoms with Crippen molar-refractivity contribution in [1.29, 1.82) is 0 Å². The third kappa shape index (κ3) is 5.90. The molecule has 11 heteroatoms. The molecule has 1 heterocycles. The smallest absolute Gasteiger partial charge is 0.405 e. The van der Waals surface area contributed by atoms with Crippen molar-refractivity contribution < 1.29 is 34.1 Å². The largest absolute Gasteiger partial charge is 0.496 e. The molecule has 0 bridgehead atoms. The molecule has 0 fully saturated rings. The first-order valence-corrected chi connectivity index (χ1v) is 12.7. The lowest BCUT2D eigenvalue weighted by Crippen LogP contribution is -2.54. The molecule has 0 aromatic heterocycles. The summed E-state index contributed by atoms with van der Waals surface area (Å²) in [5.41, 5.74) is 2.35. The van der Waals surface area contributed by atoms with E-state index >= 15 is 0 Å². The lowest BCUT2D eigenvalue weighted by atomic mass is 10.0. The average molecular weight is 586 g/mol. The van der Waals surface area contributed by atoms with Crippen molar-refractivity contribution in [2.24, 2.45) is 0 Å². The minimum absolute atomic E-state index is 0.0315. The highest BCUT2D eigenvalue weighted by molar-refractivity contribution is 9.10. The van der Waals surface area contributed by atoms with E-state index in [1.165, 1.54) is 0 Å². The van der Waals surface area contributed by atoms with Crippen molar-refractivity contribution in [2.45, 2.75) is 31.7 Å². The second-order valence-electron chi connectivity index (χ2n) is 8.96. The van der Waals surface area contributed by atoms with E-state index in [-0.39, 0.29) is 25.6 Å². The minimum Gasteiger partial charge on any atom is -0.496 e. The molecular weight excluding hydrogens is 558 g/mol. The molecule has 0 saturated heterocycles. The Hall–Kier alpha value is -3.67. The van der Waals surface area contributed by atoms with E-state index in [1.807, 2.05) is 60.8 Å². The summed E-state index contributed by atoms with van der Waals surface area (Å²) in [4.78, 5) is 37.7. The monoisotopic (exact) mass is 585 g/mol. The minimum atomic E-state index is -1.44. The van der Waals surface area contributed by atoms with E-state index < -0.39 is 24.3 Å². The number of nitrogens with zero attached hydrogens (tertiary/aromatic N) is 1. The summed E-state index contributed by atoms with van der Waals surface area (Å²) in [5, 5.41) is 26.0. The van der Waals surface area contributed by atoms with Gasteiger partial charge in [0.25, 0.3) is 0 Å². The van der Waals surface area contributed by atoms with Gasteiger partial charge in [0.1, 0.15) is 36.5 Å². The maximum absolute atomic E-state index is 13.9. The van der Waals surface area contributed by atoms with Crippen molar-refractivity contribution in [3.63, 3.8) is 0 Å². The Labute approximate surface area is 227 Å². The highest BCUT2D eigenvalue weighted by atomic mass is 79.9. The molecule has 4 N–H and O–H groups in total. The topological polar surface area (TPSA) is 137 Å². The summed E-state index contributed by atoms with van der Waals surface area (Å²) in [6.07, 6.45) is -2.53. The Balaban J connectivity index is 1.68. The summed E-state index contributed by atoms with van der Waals surface area (Å²) >= 11 is 3.50. The van der Waals surface area contributed by atoms with Gasteiger partial charge in [0, 0.05) is 16.6 Å². The normalized spacial score (nSPS) is 16.7. The molecule has 0 unspecified atom stereocenters. The molecular formula is C27H28BrN3O7. The molecule has 0 radical (unpaired) electrons. The fraction of sp³-hybridized carbons (Fsp3) is 0.296. The standard InChI is InChI=1S/C27H28BrN3O7/c1-15-3-7-22-25(9-15)38-14-21(29-11-23(33)20(13-32)30-27(35)36)26(34)31(22)12-19-18-6-5-17(28)10-16(18)4-8-24(19)37-2/h3-10,13,20-21,23,29-30,33H,11-12,14H2,1-2H3,(H,35,36)/t20-,21+,23+/m1/s1. The summed E-state index contributed by atoms with van der Waals surface area (Å²) in [7, 11) is 1.58. The number of carbonyl (C=O) groups excluding carboxylic acids is 2. The first-order valence-electron chi connectivity index (χ1n) is 11.9. The molecule has 3 aromatic rings. The molecule has 38 heavy (non-hydrogen) atoms. The zero-order valence-electron chi connectivity index (χ0n) is 20.8. The molecule has 1 aliphatic heterocycles. The number of aryl methyl sites for hydroxylation is 1. The number of aliphatic hydroxyl groups excluding tert-OH is 1. The average Bonchev–Trinajstić information content (AvgIpc) is 3.01. The molecule has 0 saturated carbocycles. The molecule has 3 aromatic carbocycles. The van der Waals surface area contributed by atoms with E-state index in [1.54, 1.807) is 12.0 Å². The third-order valence-electron chi connectivity index (χ3n) is 6.39. The second-order valence-corrected chi connectivity index (χ2v) is 9.87. The number of hydrogen-bond donors (Lipinski definition) is 4. The third-order valence-corrected chi connectivity index (χ3v) is 6.88. The molecule has 10 nitrogen and oxygen atoms in total. The molecule has 2 amide bonds. The van der Waals surface area contributed by atoms with Gasteiger partial charge in [-0.25, -0.2) is 4.79 Å². The number of nitrogens with one attached hydrogen (secondary N) is 2. The molecule has 3 atom stereocenters. The summed E-state index contributed by atoms with van der Waals surface area (Å²) in [5.74, 6) is 0.841. The SMILES string of the molecule is COc1ccc2cc(Br)ccc2c1CN1C(=O)[C@@H](NC[C@H](O)[C@@H](C=O)NC(=O)O)COc2cc(C)ccc21. The summed E-state index contributed by atoms with van der Waals surface area (Å²) < 4.78 is 12.6. The van der Waals surface area contributed by atoms with Gasteiger partial charge in [-0.15, -0.1) is 0 Å². The number of halogens is 1. The number of benzene rings is 3. The number of carboxylic acid groups (broad SMARTS) is 1. The van der Waals surface area contributed by atoms with E-state index in [9.17, 15) is 19.5 Å². The first-order chi connectivity index (χ1) is 18.2. The van der Waals surface area contributed by atoms with Gasteiger partial charge < -0.3 is 40.0 Å². The Morgan fingerprint density at radius 2 is 2.05 bits per heavy atom. The maximum Gasteiger partial charge on any atom is 0.405 e. The van der Waals surface area contributed by atoms with Crippen molar-refractivity contribution >= 4 is 50.7 Å². The number of methoxy groups -OCH3 is 1. The number of hydrogen-bond acceptors (Lipinski definition) is 7. The number of amides is 2. The van der Waals surface area contributed by atoms with Crippen LogP contribution in [0.3, 0.4) is 0 Å². The number of ether oxygens (including phenoxy) is 2. The van der Waals surface area contributed by atoms with Crippen LogP contribution in [0, 0.1) is 6.92 Å². The Bertz CT molecular complexity index is 1370. The van der Waals surface area contributed by atoms with Crippen LogP contribution in [0.2, 0.25) is 0 Å². The number of carbonyl (C=O) groups is 3. The number of aldehydes is 1. The second kappa shape index (κ2) is 11.8. The van der Waals surface area contributed by atoms with Gasteiger partial charge in [-0.3, -0.25) is 4.79 Å². The van der Waals surface area contributed by atoms with Crippen LogP contribution in [0.4, 0.5) is 10.5 Å². The van der Waals surface area contributed by atoms with Crippen LogP contribution in [0.25, 0.3) is 10.8 Å². The molecule has 4 rings (SSSR count). The Morgan fingerprint density at radius 1 is 1.26 bits per heavy atom. The van der Waals surface area contributed by atoms with E-state index in [4.69, 9.17) is 14.6 Å². The molecule has 1 aliphatic rings. The van der Waals surface area contributed by atoms with Gasteiger partial charge in [-0.05, 0) is 53.6 Å². The number of fused-ring (bicyclic) bond motifs is 2. The van der Waals surface area contributed by atoms with E-state index in [2.05, 4.69) is 21.2 Å². The molecule has 200 valence electrons. The van der Waals surface area contributed by atoms with Gasteiger partial charge in [0.2, 0.25) is 5.91 Å². The van der Waals surface area contributed by atoms with Gasteiger partial charge in [0.05, 0.1) is 25.4 Å².